The molecule has 3 N–H and O–H groups in total. The van der Waals surface area contributed by atoms with Crippen molar-refractivity contribution in [2.45, 2.75) is 19.1 Å². The van der Waals surface area contributed by atoms with Gasteiger partial charge in [0.2, 0.25) is 0 Å². The Hall–Kier alpha value is -0.160. The summed E-state index contributed by atoms with van der Waals surface area (Å²) >= 11 is 8.85. The molecule has 0 fully saturated rings. The lowest BCUT2D eigenvalue weighted by atomic mass is 10.0. The SMILES string of the molecule is CC(N)C(O)c1cc(Cl)c(Br)cc1F. The Morgan fingerprint density at radius 1 is 1.57 bits per heavy atom. The fourth-order valence-electron chi connectivity index (χ4n) is 1.05. The standard InChI is InChI=1S/C9H10BrClFNO/c1-4(13)9(14)5-2-7(11)6(10)3-8(5)12/h2-4,9,14H,13H2,1H3. The Morgan fingerprint density at radius 2 is 2.14 bits per heavy atom. The van der Waals surface area contributed by atoms with Crippen LogP contribution in [-0.2, 0) is 0 Å². The minimum absolute atomic E-state index is 0.119. The highest BCUT2D eigenvalue weighted by Gasteiger charge is 2.18. The number of benzene rings is 1. The monoisotopic (exact) mass is 281 g/mol. The molecule has 1 aromatic carbocycles. The lowest BCUT2D eigenvalue weighted by molar-refractivity contribution is 0.149. The smallest absolute Gasteiger partial charge is 0.130 e. The maximum atomic E-state index is 13.3. The molecule has 2 unspecified atom stereocenters. The molecule has 2 atom stereocenters. The van der Waals surface area contributed by atoms with Gasteiger partial charge in [0, 0.05) is 16.1 Å². The van der Waals surface area contributed by atoms with Crippen LogP contribution in [0.3, 0.4) is 0 Å². The van der Waals surface area contributed by atoms with Crippen LogP contribution in [0.15, 0.2) is 16.6 Å². The first kappa shape index (κ1) is 11.9. The van der Waals surface area contributed by atoms with Crippen molar-refractivity contribution >= 4 is 27.5 Å². The normalized spacial score (nSPS) is 15.3. The Labute approximate surface area is 95.0 Å². The van der Waals surface area contributed by atoms with Gasteiger partial charge in [-0.2, -0.15) is 0 Å². The second-order valence-electron chi connectivity index (χ2n) is 3.09. The summed E-state index contributed by atoms with van der Waals surface area (Å²) in [6.07, 6.45) is -1.04. The van der Waals surface area contributed by atoms with Crippen LogP contribution in [0.25, 0.3) is 0 Å². The maximum absolute atomic E-state index is 13.3. The van der Waals surface area contributed by atoms with E-state index in [2.05, 4.69) is 15.9 Å². The van der Waals surface area contributed by atoms with E-state index in [0.29, 0.717) is 9.50 Å². The number of nitrogens with two attached hydrogens (primary N) is 1. The first-order valence-corrected chi connectivity index (χ1v) is 5.18. The molecule has 78 valence electrons. The van der Waals surface area contributed by atoms with Crippen molar-refractivity contribution in [1.82, 2.24) is 0 Å². The van der Waals surface area contributed by atoms with Crippen LogP contribution < -0.4 is 5.73 Å². The third-order valence-corrected chi connectivity index (χ3v) is 3.05. The Bertz CT molecular complexity index is 346. The van der Waals surface area contributed by atoms with Gasteiger partial charge < -0.3 is 10.8 Å². The molecule has 0 heterocycles. The third kappa shape index (κ3) is 2.45. The molecule has 0 spiro atoms. The molecule has 14 heavy (non-hydrogen) atoms. The molecule has 0 saturated heterocycles. The molecular weight excluding hydrogens is 272 g/mol. The van der Waals surface area contributed by atoms with E-state index in [-0.39, 0.29) is 5.56 Å². The molecule has 0 aliphatic carbocycles. The number of rotatable bonds is 2. The predicted octanol–water partition coefficient (Wildman–Crippen LogP) is 2.62. The Kier molecular flexibility index (Phi) is 3.89. The quantitative estimate of drug-likeness (QED) is 0.819. The van der Waals surface area contributed by atoms with Crippen LogP contribution in [0.1, 0.15) is 18.6 Å². The van der Waals surface area contributed by atoms with Gasteiger partial charge in [-0.25, -0.2) is 4.39 Å². The van der Waals surface area contributed by atoms with Gasteiger partial charge >= 0.3 is 0 Å². The molecule has 1 aromatic rings. The van der Waals surface area contributed by atoms with Gasteiger partial charge in [-0.15, -0.1) is 0 Å². The fraction of sp³-hybridized carbons (Fsp3) is 0.333. The Balaban J connectivity index is 3.15. The second-order valence-corrected chi connectivity index (χ2v) is 4.35. The van der Waals surface area contributed by atoms with Gasteiger partial charge in [0.25, 0.3) is 0 Å². The van der Waals surface area contributed by atoms with Crippen molar-refractivity contribution < 1.29 is 9.50 Å². The van der Waals surface area contributed by atoms with Crippen molar-refractivity contribution in [3.63, 3.8) is 0 Å². The van der Waals surface area contributed by atoms with E-state index < -0.39 is 18.0 Å². The summed E-state index contributed by atoms with van der Waals surface area (Å²) in [4.78, 5) is 0. The van der Waals surface area contributed by atoms with Gasteiger partial charge in [0.05, 0.1) is 11.1 Å². The van der Waals surface area contributed by atoms with Crippen molar-refractivity contribution in [2.75, 3.05) is 0 Å². The third-order valence-electron chi connectivity index (χ3n) is 1.86. The number of halogens is 3. The van der Waals surface area contributed by atoms with E-state index in [1.807, 2.05) is 0 Å². The van der Waals surface area contributed by atoms with Crippen molar-refractivity contribution in [1.29, 1.82) is 0 Å². The highest BCUT2D eigenvalue weighted by molar-refractivity contribution is 9.10. The number of aliphatic hydroxyl groups excluding tert-OH is 1. The zero-order valence-electron chi connectivity index (χ0n) is 7.47. The van der Waals surface area contributed by atoms with E-state index >= 15 is 0 Å². The van der Waals surface area contributed by atoms with Crippen LogP contribution in [0, 0.1) is 5.82 Å². The molecule has 0 saturated carbocycles. The molecule has 0 amide bonds. The van der Waals surface area contributed by atoms with Gasteiger partial charge in [-0.1, -0.05) is 11.6 Å². The highest BCUT2D eigenvalue weighted by atomic mass is 79.9. The van der Waals surface area contributed by atoms with Gasteiger partial charge in [0.1, 0.15) is 5.82 Å². The molecule has 5 heteroatoms. The molecule has 0 aliphatic heterocycles. The Morgan fingerprint density at radius 3 is 2.64 bits per heavy atom. The van der Waals surface area contributed by atoms with Crippen molar-refractivity contribution in [3.8, 4) is 0 Å². The summed E-state index contributed by atoms with van der Waals surface area (Å²) in [5.74, 6) is -0.522. The summed E-state index contributed by atoms with van der Waals surface area (Å²) in [6, 6.07) is 2.04. The van der Waals surface area contributed by atoms with Crippen molar-refractivity contribution in [3.05, 3.63) is 33.0 Å². The molecule has 0 aliphatic rings. The van der Waals surface area contributed by atoms with Crippen LogP contribution in [0.2, 0.25) is 5.02 Å². The fourth-order valence-corrected chi connectivity index (χ4v) is 1.54. The second kappa shape index (κ2) is 4.57. The van der Waals surface area contributed by atoms with E-state index in [9.17, 15) is 9.50 Å². The van der Waals surface area contributed by atoms with E-state index in [0.717, 1.165) is 0 Å². The van der Waals surface area contributed by atoms with Gasteiger partial charge in [-0.3, -0.25) is 0 Å². The molecule has 0 bridgehead atoms. The lowest BCUT2D eigenvalue weighted by Crippen LogP contribution is -2.25. The summed E-state index contributed by atoms with van der Waals surface area (Å²) in [5.41, 5.74) is 5.57. The topological polar surface area (TPSA) is 46.2 Å². The first-order valence-electron chi connectivity index (χ1n) is 4.01. The average molecular weight is 283 g/mol. The van der Waals surface area contributed by atoms with Gasteiger partial charge in [-0.05, 0) is 35.0 Å². The maximum Gasteiger partial charge on any atom is 0.130 e. The highest BCUT2D eigenvalue weighted by Crippen LogP contribution is 2.29. The molecule has 0 aromatic heterocycles. The van der Waals surface area contributed by atoms with E-state index in [4.69, 9.17) is 17.3 Å². The molecule has 1 rings (SSSR count). The van der Waals surface area contributed by atoms with Crippen LogP contribution in [0.4, 0.5) is 4.39 Å². The summed E-state index contributed by atoms with van der Waals surface area (Å²) in [6.45, 7) is 1.60. The lowest BCUT2D eigenvalue weighted by Gasteiger charge is -2.16. The molecule has 0 radical (unpaired) electrons. The van der Waals surface area contributed by atoms with Gasteiger partial charge in [0.15, 0.2) is 0 Å². The molecular formula is C9H10BrClFNO. The zero-order chi connectivity index (χ0) is 10.9. The molecule has 2 nitrogen and oxygen atoms in total. The van der Waals surface area contributed by atoms with Crippen molar-refractivity contribution in [2.24, 2.45) is 5.73 Å². The average Bonchev–Trinajstić information content (AvgIpc) is 2.10. The van der Waals surface area contributed by atoms with Crippen LogP contribution in [0.5, 0.6) is 0 Å². The number of hydrogen-bond donors (Lipinski definition) is 2. The minimum Gasteiger partial charge on any atom is -0.387 e. The van der Waals surface area contributed by atoms with Crippen LogP contribution >= 0.6 is 27.5 Å². The minimum atomic E-state index is -1.04. The predicted molar refractivity (Wildman–Crippen MR) is 57.7 cm³/mol. The zero-order valence-corrected chi connectivity index (χ0v) is 9.81. The number of aliphatic hydroxyl groups is 1. The summed E-state index contributed by atoms with van der Waals surface area (Å²) < 4.78 is 13.8. The van der Waals surface area contributed by atoms with Crippen LogP contribution in [-0.4, -0.2) is 11.1 Å². The largest absolute Gasteiger partial charge is 0.387 e. The summed E-state index contributed by atoms with van der Waals surface area (Å²) in [7, 11) is 0. The van der Waals surface area contributed by atoms with E-state index in [1.165, 1.54) is 12.1 Å². The van der Waals surface area contributed by atoms with E-state index in [1.54, 1.807) is 6.92 Å². The summed E-state index contributed by atoms with van der Waals surface area (Å²) in [5, 5.41) is 9.90. The number of hydrogen-bond acceptors (Lipinski definition) is 2. The first-order chi connectivity index (χ1) is 6.43.